The number of aromatic nitrogens is 1. The van der Waals surface area contributed by atoms with Gasteiger partial charge in [-0.3, -0.25) is 9.78 Å². The first-order valence-corrected chi connectivity index (χ1v) is 6.35. The molecule has 0 bridgehead atoms. The van der Waals surface area contributed by atoms with E-state index < -0.39 is 0 Å². The van der Waals surface area contributed by atoms with E-state index in [-0.39, 0.29) is 11.9 Å². The summed E-state index contributed by atoms with van der Waals surface area (Å²) in [7, 11) is 0. The molecule has 1 fully saturated rings. The third-order valence-corrected chi connectivity index (χ3v) is 3.21. The molecule has 3 nitrogen and oxygen atoms in total. The van der Waals surface area contributed by atoms with Gasteiger partial charge in [-0.25, -0.2) is 0 Å². The Morgan fingerprint density at radius 3 is 2.94 bits per heavy atom. The van der Waals surface area contributed by atoms with Crippen LogP contribution in [0.5, 0.6) is 0 Å². The maximum Gasteiger partial charge on any atom is 0.308 e. The Kier molecular flexibility index (Phi) is 4.13. The number of hydrogen-bond acceptors (Lipinski definition) is 3. The van der Waals surface area contributed by atoms with Crippen molar-refractivity contribution in [1.82, 2.24) is 4.98 Å². The lowest BCUT2D eigenvalue weighted by Crippen LogP contribution is -2.24. The van der Waals surface area contributed by atoms with Gasteiger partial charge in [-0.15, -0.1) is 0 Å². The Morgan fingerprint density at radius 1 is 1.47 bits per heavy atom. The van der Waals surface area contributed by atoms with E-state index in [2.05, 4.69) is 4.98 Å². The number of carbonyl (C=O) groups excluding carboxylic acids is 1. The predicted octanol–water partition coefficient (Wildman–Crippen LogP) is 2.67. The van der Waals surface area contributed by atoms with Gasteiger partial charge in [-0.2, -0.15) is 0 Å². The van der Waals surface area contributed by atoms with Gasteiger partial charge in [0.15, 0.2) is 0 Å². The zero-order chi connectivity index (χ0) is 12.1. The van der Waals surface area contributed by atoms with Crippen molar-refractivity contribution in [3.63, 3.8) is 0 Å². The highest BCUT2D eigenvalue weighted by molar-refractivity contribution is 5.73. The molecule has 3 heteroatoms. The molecule has 0 N–H and O–H groups in total. The number of rotatable bonds is 5. The Hall–Kier alpha value is -1.38. The fourth-order valence-electron chi connectivity index (χ4n) is 1.93. The second kappa shape index (κ2) is 5.80. The van der Waals surface area contributed by atoms with E-state index in [0.717, 1.165) is 37.1 Å². The number of nitrogens with zero attached hydrogens (tertiary/aromatic N) is 1. The van der Waals surface area contributed by atoms with Gasteiger partial charge in [0, 0.05) is 11.4 Å². The van der Waals surface area contributed by atoms with Gasteiger partial charge in [-0.1, -0.05) is 12.5 Å². The molecule has 0 aromatic carbocycles. The summed E-state index contributed by atoms with van der Waals surface area (Å²) in [5.41, 5.74) is 2.11. The maximum absolute atomic E-state index is 11.5. The summed E-state index contributed by atoms with van der Waals surface area (Å²) >= 11 is 0. The predicted molar refractivity (Wildman–Crippen MR) is 65.6 cm³/mol. The zero-order valence-electron chi connectivity index (χ0n) is 10.3. The highest BCUT2D eigenvalue weighted by Crippen LogP contribution is 2.27. The van der Waals surface area contributed by atoms with Crippen LogP contribution in [0, 0.1) is 12.8 Å². The summed E-state index contributed by atoms with van der Waals surface area (Å²) in [5, 5.41) is 0. The standard InChI is InChI=1S/C14H19NO2/c1-11-5-2-8-13(15-11)9-4-10-17-14(16)12-6-3-7-12/h2,5,8,12H,3-4,6-7,9-10H2,1H3. The van der Waals surface area contributed by atoms with Gasteiger partial charge in [-0.05, 0) is 44.7 Å². The Balaban J connectivity index is 1.64. The van der Waals surface area contributed by atoms with Crippen molar-refractivity contribution < 1.29 is 9.53 Å². The summed E-state index contributed by atoms with van der Waals surface area (Å²) < 4.78 is 5.23. The van der Waals surface area contributed by atoms with Crippen molar-refractivity contribution in [2.24, 2.45) is 5.92 Å². The maximum atomic E-state index is 11.5. The minimum atomic E-state index is -0.00606. The van der Waals surface area contributed by atoms with Crippen LogP contribution < -0.4 is 0 Å². The second-order valence-electron chi connectivity index (χ2n) is 4.67. The molecule has 17 heavy (non-hydrogen) atoms. The van der Waals surface area contributed by atoms with E-state index >= 15 is 0 Å². The van der Waals surface area contributed by atoms with Crippen LogP contribution in [0.2, 0.25) is 0 Å². The normalized spacial score (nSPS) is 15.4. The minimum absolute atomic E-state index is 0.00606. The van der Waals surface area contributed by atoms with E-state index in [1.807, 2.05) is 25.1 Å². The van der Waals surface area contributed by atoms with Crippen molar-refractivity contribution in [3.05, 3.63) is 29.6 Å². The molecule has 1 aromatic heterocycles. The summed E-state index contributed by atoms with van der Waals surface area (Å²) in [6.45, 7) is 2.51. The van der Waals surface area contributed by atoms with Gasteiger partial charge < -0.3 is 4.74 Å². The molecule has 0 radical (unpaired) electrons. The molecule has 1 heterocycles. The third-order valence-electron chi connectivity index (χ3n) is 3.21. The lowest BCUT2D eigenvalue weighted by atomic mass is 9.86. The Labute approximate surface area is 102 Å². The molecule has 0 unspecified atom stereocenters. The van der Waals surface area contributed by atoms with Crippen LogP contribution in [0.1, 0.15) is 37.1 Å². The molecular weight excluding hydrogens is 214 g/mol. The van der Waals surface area contributed by atoms with Crippen molar-refractivity contribution in [1.29, 1.82) is 0 Å². The van der Waals surface area contributed by atoms with E-state index in [0.29, 0.717) is 6.61 Å². The lowest BCUT2D eigenvalue weighted by molar-refractivity contribution is -0.151. The number of pyridine rings is 1. The average Bonchev–Trinajstić information content (AvgIpc) is 2.22. The molecule has 0 atom stereocenters. The average molecular weight is 233 g/mol. The first-order chi connectivity index (χ1) is 8.25. The van der Waals surface area contributed by atoms with E-state index in [9.17, 15) is 4.79 Å². The van der Waals surface area contributed by atoms with E-state index in [4.69, 9.17) is 4.74 Å². The van der Waals surface area contributed by atoms with Gasteiger partial charge >= 0.3 is 5.97 Å². The number of hydrogen-bond donors (Lipinski definition) is 0. The van der Waals surface area contributed by atoms with Crippen LogP contribution in [0.3, 0.4) is 0 Å². The number of aryl methyl sites for hydroxylation is 2. The fourth-order valence-corrected chi connectivity index (χ4v) is 1.93. The zero-order valence-corrected chi connectivity index (χ0v) is 10.3. The minimum Gasteiger partial charge on any atom is -0.465 e. The number of ether oxygens (including phenoxy) is 1. The molecule has 1 saturated carbocycles. The van der Waals surface area contributed by atoms with Gasteiger partial charge in [0.05, 0.1) is 12.5 Å². The molecular formula is C14H19NO2. The lowest BCUT2D eigenvalue weighted by Gasteiger charge is -2.22. The van der Waals surface area contributed by atoms with Crippen LogP contribution in [-0.2, 0) is 16.0 Å². The summed E-state index contributed by atoms with van der Waals surface area (Å²) in [6.07, 6.45) is 4.93. The number of esters is 1. The molecule has 2 rings (SSSR count). The molecule has 0 aliphatic heterocycles. The van der Waals surface area contributed by atoms with Crippen molar-refractivity contribution >= 4 is 5.97 Å². The Bertz CT molecular complexity index is 386. The largest absolute Gasteiger partial charge is 0.465 e. The molecule has 1 aromatic rings. The third kappa shape index (κ3) is 3.55. The molecule has 1 aliphatic carbocycles. The van der Waals surface area contributed by atoms with Crippen LogP contribution in [0.15, 0.2) is 18.2 Å². The number of carbonyl (C=O) groups is 1. The Morgan fingerprint density at radius 2 is 2.29 bits per heavy atom. The van der Waals surface area contributed by atoms with Crippen molar-refractivity contribution in [3.8, 4) is 0 Å². The summed E-state index contributed by atoms with van der Waals surface area (Å²) in [5.74, 6) is 0.181. The highest BCUT2D eigenvalue weighted by Gasteiger charge is 2.26. The molecule has 0 saturated heterocycles. The van der Waals surface area contributed by atoms with Crippen LogP contribution >= 0.6 is 0 Å². The fraction of sp³-hybridized carbons (Fsp3) is 0.571. The SMILES string of the molecule is Cc1cccc(CCCOC(=O)C2CCC2)n1. The molecule has 1 aliphatic rings. The first-order valence-electron chi connectivity index (χ1n) is 6.35. The highest BCUT2D eigenvalue weighted by atomic mass is 16.5. The topological polar surface area (TPSA) is 39.2 Å². The van der Waals surface area contributed by atoms with Crippen molar-refractivity contribution in [2.45, 2.75) is 39.0 Å². The van der Waals surface area contributed by atoms with Gasteiger partial charge in [0.1, 0.15) is 0 Å². The van der Waals surface area contributed by atoms with Gasteiger partial charge in [0.25, 0.3) is 0 Å². The second-order valence-corrected chi connectivity index (χ2v) is 4.67. The van der Waals surface area contributed by atoms with E-state index in [1.54, 1.807) is 0 Å². The smallest absolute Gasteiger partial charge is 0.308 e. The summed E-state index contributed by atoms with van der Waals surface area (Å²) in [6, 6.07) is 6.01. The molecule has 0 amide bonds. The van der Waals surface area contributed by atoms with E-state index in [1.165, 1.54) is 6.42 Å². The van der Waals surface area contributed by atoms with Crippen molar-refractivity contribution in [2.75, 3.05) is 6.61 Å². The molecule has 92 valence electrons. The first kappa shape index (κ1) is 12.1. The van der Waals surface area contributed by atoms with Crippen LogP contribution in [-0.4, -0.2) is 17.6 Å². The van der Waals surface area contributed by atoms with Crippen LogP contribution in [0.4, 0.5) is 0 Å². The molecule has 0 spiro atoms. The monoisotopic (exact) mass is 233 g/mol. The van der Waals surface area contributed by atoms with Gasteiger partial charge in [0.2, 0.25) is 0 Å². The summed E-state index contributed by atoms with van der Waals surface area (Å²) in [4.78, 5) is 15.9. The van der Waals surface area contributed by atoms with Crippen LogP contribution in [0.25, 0.3) is 0 Å². The quantitative estimate of drug-likeness (QED) is 0.579.